The van der Waals surface area contributed by atoms with E-state index in [2.05, 4.69) is 36.4 Å². The van der Waals surface area contributed by atoms with Crippen LogP contribution in [0.4, 0.5) is 0 Å². The van der Waals surface area contributed by atoms with Crippen molar-refractivity contribution in [1.82, 2.24) is 0 Å². The van der Waals surface area contributed by atoms with Crippen molar-refractivity contribution in [3.8, 4) is 16.9 Å². The molecule has 0 aromatic heterocycles. The van der Waals surface area contributed by atoms with E-state index in [1.165, 1.54) is 42.4 Å². The fraction of sp³-hybridized carbons (Fsp3) is 0.278. The van der Waals surface area contributed by atoms with Gasteiger partial charge in [-0.15, -0.1) is 0 Å². The van der Waals surface area contributed by atoms with Gasteiger partial charge in [-0.2, -0.15) is 0 Å². The Balaban J connectivity index is 1.80. The predicted molar refractivity (Wildman–Crippen MR) is 79.2 cm³/mol. The summed E-state index contributed by atoms with van der Waals surface area (Å²) in [5.74, 6) is 2.53. The minimum atomic E-state index is 0.905. The van der Waals surface area contributed by atoms with Gasteiger partial charge in [0.05, 0.1) is 7.11 Å². The van der Waals surface area contributed by atoms with Gasteiger partial charge in [-0.1, -0.05) is 49.2 Å². The van der Waals surface area contributed by atoms with Crippen LogP contribution in [0.1, 0.15) is 31.2 Å². The van der Waals surface area contributed by atoms with Crippen molar-refractivity contribution in [2.24, 2.45) is 0 Å². The lowest BCUT2D eigenvalue weighted by atomic mass is 9.95. The van der Waals surface area contributed by atoms with Gasteiger partial charge in [-0.3, -0.25) is 0 Å². The predicted octanol–water partition coefficient (Wildman–Crippen LogP) is 4.86. The van der Waals surface area contributed by atoms with Gasteiger partial charge in [0.25, 0.3) is 0 Å². The quantitative estimate of drug-likeness (QED) is 0.757. The lowest BCUT2D eigenvalue weighted by Crippen LogP contribution is -1.92. The van der Waals surface area contributed by atoms with E-state index in [4.69, 9.17) is 4.74 Å². The first-order chi connectivity index (χ1) is 9.36. The normalized spacial score (nSPS) is 15.6. The molecule has 0 heterocycles. The van der Waals surface area contributed by atoms with E-state index in [0.717, 1.165) is 5.75 Å². The zero-order valence-corrected chi connectivity index (χ0v) is 11.4. The van der Waals surface area contributed by atoms with Crippen LogP contribution in [0.5, 0.6) is 5.75 Å². The minimum Gasteiger partial charge on any atom is -0.497 e. The van der Waals surface area contributed by atoms with E-state index in [-0.39, 0.29) is 0 Å². The second kappa shape index (κ2) is 5.48. The molecule has 97 valence electrons. The largest absolute Gasteiger partial charge is 0.497 e. The minimum absolute atomic E-state index is 0.905. The number of benzene rings is 2. The topological polar surface area (TPSA) is 9.23 Å². The smallest absolute Gasteiger partial charge is 0.118 e. The molecule has 3 rings (SSSR count). The number of methoxy groups -OCH3 is 1. The molecule has 0 amide bonds. The third kappa shape index (κ3) is 2.65. The highest BCUT2D eigenvalue weighted by Crippen LogP contribution is 2.34. The van der Waals surface area contributed by atoms with Crippen molar-refractivity contribution in [3.05, 3.63) is 60.0 Å². The third-order valence-corrected chi connectivity index (χ3v) is 3.92. The molecule has 2 aromatic carbocycles. The Kier molecular flexibility index (Phi) is 3.54. The van der Waals surface area contributed by atoms with E-state index in [0.29, 0.717) is 0 Å². The molecule has 1 heteroatoms. The fourth-order valence-corrected chi connectivity index (χ4v) is 2.77. The highest BCUT2D eigenvalue weighted by Gasteiger charge is 2.17. The Bertz CT molecular complexity index is 519. The molecule has 19 heavy (non-hydrogen) atoms. The summed E-state index contributed by atoms with van der Waals surface area (Å²) in [6.45, 7) is 0. The summed E-state index contributed by atoms with van der Waals surface area (Å²) >= 11 is 0. The van der Waals surface area contributed by atoms with Gasteiger partial charge in [-0.05, 0) is 41.7 Å². The monoisotopic (exact) mass is 251 g/mol. The molecule has 0 spiro atoms. The molecule has 1 aliphatic rings. The van der Waals surface area contributed by atoms with Crippen LogP contribution in [0.15, 0.2) is 48.5 Å². The van der Waals surface area contributed by atoms with E-state index in [1.807, 2.05) is 12.1 Å². The van der Waals surface area contributed by atoms with Crippen molar-refractivity contribution in [2.45, 2.75) is 25.7 Å². The maximum Gasteiger partial charge on any atom is 0.118 e. The number of hydrogen-bond acceptors (Lipinski definition) is 1. The third-order valence-electron chi connectivity index (χ3n) is 3.92. The first-order valence-electron chi connectivity index (χ1n) is 6.96. The van der Waals surface area contributed by atoms with E-state index >= 15 is 0 Å². The molecule has 1 nitrogen and oxygen atoms in total. The molecule has 1 saturated carbocycles. The van der Waals surface area contributed by atoms with Crippen LogP contribution in [0.2, 0.25) is 0 Å². The molecule has 1 aliphatic carbocycles. The fourth-order valence-electron chi connectivity index (χ4n) is 2.77. The van der Waals surface area contributed by atoms with E-state index in [9.17, 15) is 0 Å². The highest BCUT2D eigenvalue weighted by molar-refractivity contribution is 5.65. The van der Waals surface area contributed by atoms with Crippen molar-refractivity contribution in [2.75, 3.05) is 7.11 Å². The van der Waals surface area contributed by atoms with Gasteiger partial charge < -0.3 is 4.74 Å². The first kappa shape index (κ1) is 12.3. The average Bonchev–Trinajstić information content (AvgIpc) is 3.02. The van der Waals surface area contributed by atoms with Crippen molar-refractivity contribution in [1.29, 1.82) is 0 Å². The number of ether oxygens (including phenoxy) is 1. The molecule has 0 aliphatic heterocycles. The lowest BCUT2D eigenvalue weighted by Gasteiger charge is -2.10. The highest BCUT2D eigenvalue weighted by atomic mass is 16.5. The van der Waals surface area contributed by atoms with Crippen LogP contribution < -0.4 is 4.74 Å². The van der Waals surface area contributed by atoms with Gasteiger partial charge in [-0.25, -0.2) is 0 Å². The summed E-state index contributed by atoms with van der Waals surface area (Å²) in [6.07, 6.45) is 5.27. The van der Waals surface area contributed by atoms with Gasteiger partial charge in [0, 0.05) is 5.92 Å². The number of hydrogen-bond donors (Lipinski definition) is 0. The first-order valence-corrected chi connectivity index (χ1v) is 6.96. The molecule has 0 saturated heterocycles. The standard InChI is InChI=1S/C18H19O/c1-19-18-12-10-17(11-13-18)16-8-6-15(7-9-16)14-4-2-3-5-14/h6-13H,2-5H2,1H3. The summed E-state index contributed by atoms with van der Waals surface area (Å²) in [5, 5.41) is 0. The van der Waals surface area contributed by atoms with E-state index < -0.39 is 0 Å². The molecule has 2 aromatic rings. The molecule has 0 unspecified atom stereocenters. The van der Waals surface area contributed by atoms with Crippen LogP contribution in [-0.4, -0.2) is 7.11 Å². The Morgan fingerprint density at radius 1 is 0.684 bits per heavy atom. The Hall–Kier alpha value is -1.76. The summed E-state index contributed by atoms with van der Waals surface area (Å²) in [6, 6.07) is 17.2. The summed E-state index contributed by atoms with van der Waals surface area (Å²) in [7, 11) is 1.70. The second-order valence-electron chi connectivity index (χ2n) is 5.12. The van der Waals surface area contributed by atoms with Gasteiger partial charge >= 0.3 is 0 Å². The zero-order valence-electron chi connectivity index (χ0n) is 11.4. The molecule has 1 radical (unpaired) electrons. The van der Waals surface area contributed by atoms with E-state index in [1.54, 1.807) is 13.0 Å². The zero-order chi connectivity index (χ0) is 13.1. The molecule has 0 bridgehead atoms. The number of rotatable bonds is 3. The lowest BCUT2D eigenvalue weighted by molar-refractivity contribution is 0.415. The maximum absolute atomic E-state index is 5.19. The van der Waals surface area contributed by atoms with Crippen LogP contribution in [0.25, 0.3) is 11.1 Å². The maximum atomic E-state index is 5.19. The van der Waals surface area contributed by atoms with Crippen molar-refractivity contribution >= 4 is 0 Å². The molecule has 1 fully saturated rings. The van der Waals surface area contributed by atoms with Crippen LogP contribution in [0.3, 0.4) is 0 Å². The SMILES string of the molecule is COc1ccc(-c2ccc([C]3CCCC3)cc2)cc1. The van der Waals surface area contributed by atoms with Crippen molar-refractivity contribution in [3.63, 3.8) is 0 Å². The molecular weight excluding hydrogens is 232 g/mol. The second-order valence-corrected chi connectivity index (χ2v) is 5.12. The van der Waals surface area contributed by atoms with Gasteiger partial charge in [0.15, 0.2) is 0 Å². The Morgan fingerprint density at radius 2 is 1.16 bits per heavy atom. The summed E-state index contributed by atoms with van der Waals surface area (Å²) < 4.78 is 5.19. The summed E-state index contributed by atoms with van der Waals surface area (Å²) in [5.41, 5.74) is 3.93. The van der Waals surface area contributed by atoms with Crippen molar-refractivity contribution < 1.29 is 4.74 Å². The van der Waals surface area contributed by atoms with Crippen LogP contribution >= 0.6 is 0 Å². The molecular formula is C18H19O. The molecule has 0 atom stereocenters. The van der Waals surface area contributed by atoms with Crippen LogP contribution in [0, 0.1) is 5.92 Å². The Morgan fingerprint density at radius 3 is 1.68 bits per heavy atom. The van der Waals surface area contributed by atoms with Gasteiger partial charge in [0.1, 0.15) is 5.75 Å². The Labute approximate surface area is 115 Å². The average molecular weight is 251 g/mol. The summed E-state index contributed by atoms with van der Waals surface area (Å²) in [4.78, 5) is 0. The van der Waals surface area contributed by atoms with Crippen LogP contribution in [-0.2, 0) is 0 Å². The molecule has 0 N–H and O–H groups in total. The van der Waals surface area contributed by atoms with Gasteiger partial charge in [0.2, 0.25) is 0 Å².